The van der Waals surface area contributed by atoms with E-state index in [4.69, 9.17) is 9.88 Å². The number of hydrogen-bond donors (Lipinski definition) is 3. The molecule has 108 valence electrons. The van der Waals surface area contributed by atoms with E-state index in [1.54, 1.807) is 12.3 Å². The molecule has 4 N–H and O–H groups in total. The molecule has 2 rings (SSSR count). The maximum absolute atomic E-state index is 11.4. The standard InChI is InChI=1S/C12H16N4O3S/c1-8-14-6-9(16-8)7-15-11-5-10(20(13,17)18)3-4-12(11)19-2/h3-6,15H,7H2,1-2H3,(H,14,16)(H2,13,17,18). The van der Waals surface area contributed by atoms with Crippen LogP contribution in [0.4, 0.5) is 5.69 Å². The largest absolute Gasteiger partial charge is 0.495 e. The molecule has 2 aromatic rings. The van der Waals surface area contributed by atoms with Crippen LogP contribution in [0.15, 0.2) is 29.3 Å². The van der Waals surface area contributed by atoms with Gasteiger partial charge in [-0.05, 0) is 25.1 Å². The van der Waals surface area contributed by atoms with Gasteiger partial charge in [-0.15, -0.1) is 0 Å². The van der Waals surface area contributed by atoms with E-state index in [0.717, 1.165) is 11.5 Å². The van der Waals surface area contributed by atoms with E-state index in [1.165, 1.54) is 19.2 Å². The van der Waals surface area contributed by atoms with Crippen LogP contribution < -0.4 is 15.2 Å². The minimum atomic E-state index is -3.74. The molecule has 0 aliphatic rings. The Labute approximate surface area is 117 Å². The van der Waals surface area contributed by atoms with E-state index in [1.807, 2.05) is 6.92 Å². The first kappa shape index (κ1) is 14.4. The summed E-state index contributed by atoms with van der Waals surface area (Å²) in [5, 5.41) is 8.21. The highest BCUT2D eigenvalue weighted by molar-refractivity contribution is 7.89. The Balaban J connectivity index is 2.24. The van der Waals surface area contributed by atoms with Gasteiger partial charge < -0.3 is 15.0 Å². The quantitative estimate of drug-likeness (QED) is 0.762. The van der Waals surface area contributed by atoms with Crippen LogP contribution in [0.2, 0.25) is 0 Å². The minimum Gasteiger partial charge on any atom is -0.495 e. The Morgan fingerprint density at radius 3 is 2.75 bits per heavy atom. The fraction of sp³-hybridized carbons (Fsp3) is 0.250. The lowest BCUT2D eigenvalue weighted by atomic mass is 10.3. The Bertz CT molecular complexity index is 709. The second-order valence-electron chi connectivity index (χ2n) is 4.25. The van der Waals surface area contributed by atoms with Crippen LogP contribution in [0, 0.1) is 6.92 Å². The van der Waals surface area contributed by atoms with Gasteiger partial charge in [-0.3, -0.25) is 0 Å². The van der Waals surface area contributed by atoms with E-state index in [-0.39, 0.29) is 4.90 Å². The van der Waals surface area contributed by atoms with Crippen LogP contribution in [-0.4, -0.2) is 25.5 Å². The van der Waals surface area contributed by atoms with Crippen molar-refractivity contribution in [2.24, 2.45) is 5.14 Å². The number of primary sulfonamides is 1. The third-order valence-electron chi connectivity index (χ3n) is 2.72. The number of nitrogens with one attached hydrogen (secondary N) is 2. The van der Waals surface area contributed by atoms with E-state index >= 15 is 0 Å². The lowest BCUT2D eigenvalue weighted by molar-refractivity contribution is 0.416. The van der Waals surface area contributed by atoms with Gasteiger partial charge in [0.2, 0.25) is 10.0 Å². The number of methoxy groups -OCH3 is 1. The Morgan fingerprint density at radius 2 is 2.20 bits per heavy atom. The number of rotatable bonds is 5. The van der Waals surface area contributed by atoms with E-state index in [2.05, 4.69) is 15.3 Å². The van der Waals surface area contributed by atoms with Crippen molar-refractivity contribution in [1.82, 2.24) is 9.97 Å². The third-order valence-corrected chi connectivity index (χ3v) is 3.64. The summed E-state index contributed by atoms with van der Waals surface area (Å²) >= 11 is 0. The second kappa shape index (κ2) is 5.51. The van der Waals surface area contributed by atoms with E-state index in [0.29, 0.717) is 18.0 Å². The number of H-pyrrole nitrogens is 1. The lowest BCUT2D eigenvalue weighted by Crippen LogP contribution is -2.13. The molecular weight excluding hydrogens is 280 g/mol. The molecule has 0 saturated carbocycles. The maximum atomic E-state index is 11.4. The van der Waals surface area contributed by atoms with Crippen molar-refractivity contribution in [3.63, 3.8) is 0 Å². The van der Waals surface area contributed by atoms with Gasteiger partial charge in [0, 0.05) is 0 Å². The van der Waals surface area contributed by atoms with Gasteiger partial charge in [0.1, 0.15) is 11.6 Å². The van der Waals surface area contributed by atoms with Gasteiger partial charge in [0.05, 0.1) is 36.1 Å². The fourth-order valence-corrected chi connectivity index (χ4v) is 2.29. The molecule has 0 bridgehead atoms. The van der Waals surface area contributed by atoms with Crippen LogP contribution in [-0.2, 0) is 16.6 Å². The monoisotopic (exact) mass is 296 g/mol. The molecule has 0 fully saturated rings. The fourth-order valence-electron chi connectivity index (χ4n) is 1.75. The van der Waals surface area contributed by atoms with Gasteiger partial charge in [-0.25, -0.2) is 18.5 Å². The minimum absolute atomic E-state index is 0.0293. The molecule has 0 atom stereocenters. The second-order valence-corrected chi connectivity index (χ2v) is 5.82. The number of ether oxygens (including phenoxy) is 1. The molecule has 0 unspecified atom stereocenters. The number of nitrogens with two attached hydrogens (primary N) is 1. The van der Waals surface area contributed by atoms with Gasteiger partial charge in [-0.1, -0.05) is 0 Å². The number of aryl methyl sites for hydroxylation is 1. The zero-order valence-electron chi connectivity index (χ0n) is 11.2. The average Bonchev–Trinajstić information content (AvgIpc) is 2.80. The Hall–Kier alpha value is -2.06. The first-order valence-electron chi connectivity index (χ1n) is 5.85. The predicted molar refractivity (Wildman–Crippen MR) is 75.0 cm³/mol. The summed E-state index contributed by atoms with van der Waals surface area (Å²) in [5.41, 5.74) is 1.43. The number of benzene rings is 1. The summed E-state index contributed by atoms with van der Waals surface area (Å²) in [6.45, 7) is 2.32. The third kappa shape index (κ3) is 3.28. The van der Waals surface area contributed by atoms with Crippen LogP contribution in [0.1, 0.15) is 11.5 Å². The summed E-state index contributed by atoms with van der Waals surface area (Å²) in [7, 11) is -2.23. The summed E-state index contributed by atoms with van der Waals surface area (Å²) in [5.74, 6) is 1.35. The number of imidazole rings is 1. The first-order valence-corrected chi connectivity index (χ1v) is 7.40. The van der Waals surface area contributed by atoms with Gasteiger partial charge in [0.25, 0.3) is 0 Å². The summed E-state index contributed by atoms with van der Waals surface area (Å²) in [6, 6.07) is 4.40. The molecule has 8 heteroatoms. The number of sulfonamides is 1. The van der Waals surface area contributed by atoms with Gasteiger partial charge >= 0.3 is 0 Å². The Morgan fingerprint density at radius 1 is 1.45 bits per heavy atom. The van der Waals surface area contributed by atoms with Crippen LogP contribution >= 0.6 is 0 Å². The predicted octanol–water partition coefficient (Wildman–Crippen LogP) is 0.986. The van der Waals surface area contributed by atoms with Gasteiger partial charge in [0.15, 0.2) is 0 Å². The highest BCUT2D eigenvalue weighted by atomic mass is 32.2. The molecule has 20 heavy (non-hydrogen) atoms. The number of nitrogens with zero attached hydrogens (tertiary/aromatic N) is 1. The normalized spacial score (nSPS) is 11.3. The molecule has 1 heterocycles. The molecule has 0 aliphatic carbocycles. The van der Waals surface area contributed by atoms with Crippen molar-refractivity contribution in [2.45, 2.75) is 18.4 Å². The number of aromatic amines is 1. The van der Waals surface area contributed by atoms with Crippen molar-refractivity contribution >= 4 is 15.7 Å². The Kier molecular flexibility index (Phi) is 3.96. The SMILES string of the molecule is COc1ccc(S(N)(=O)=O)cc1NCc1cnc(C)[nH]1. The summed E-state index contributed by atoms with van der Waals surface area (Å²) < 4.78 is 27.9. The molecular formula is C12H16N4O3S. The number of aromatic nitrogens is 2. The molecule has 0 radical (unpaired) electrons. The summed E-state index contributed by atoms with van der Waals surface area (Å²) in [6.07, 6.45) is 1.71. The molecule has 0 spiro atoms. The molecule has 7 nitrogen and oxygen atoms in total. The average molecular weight is 296 g/mol. The molecule has 0 saturated heterocycles. The lowest BCUT2D eigenvalue weighted by Gasteiger charge is -2.11. The molecule has 0 aliphatic heterocycles. The van der Waals surface area contributed by atoms with E-state index in [9.17, 15) is 8.42 Å². The maximum Gasteiger partial charge on any atom is 0.238 e. The van der Waals surface area contributed by atoms with Crippen molar-refractivity contribution < 1.29 is 13.2 Å². The zero-order chi connectivity index (χ0) is 14.8. The van der Waals surface area contributed by atoms with Crippen LogP contribution in [0.25, 0.3) is 0 Å². The van der Waals surface area contributed by atoms with Crippen LogP contribution in [0.5, 0.6) is 5.75 Å². The van der Waals surface area contributed by atoms with E-state index < -0.39 is 10.0 Å². The molecule has 1 aromatic heterocycles. The van der Waals surface area contributed by atoms with Crippen molar-refractivity contribution in [1.29, 1.82) is 0 Å². The summed E-state index contributed by atoms with van der Waals surface area (Å²) in [4.78, 5) is 7.19. The van der Waals surface area contributed by atoms with Crippen molar-refractivity contribution in [3.8, 4) is 5.75 Å². The molecule has 1 aromatic carbocycles. The smallest absolute Gasteiger partial charge is 0.238 e. The van der Waals surface area contributed by atoms with Crippen molar-refractivity contribution in [3.05, 3.63) is 35.9 Å². The highest BCUT2D eigenvalue weighted by Gasteiger charge is 2.12. The van der Waals surface area contributed by atoms with Crippen LogP contribution in [0.3, 0.4) is 0 Å². The molecule has 0 amide bonds. The zero-order valence-corrected chi connectivity index (χ0v) is 12.0. The topological polar surface area (TPSA) is 110 Å². The number of hydrogen-bond acceptors (Lipinski definition) is 5. The first-order chi connectivity index (χ1) is 9.40. The number of anilines is 1. The van der Waals surface area contributed by atoms with Crippen molar-refractivity contribution in [2.75, 3.05) is 12.4 Å². The highest BCUT2D eigenvalue weighted by Crippen LogP contribution is 2.27. The van der Waals surface area contributed by atoms with Gasteiger partial charge in [-0.2, -0.15) is 0 Å².